The van der Waals surface area contributed by atoms with Gasteiger partial charge in [0.1, 0.15) is 5.82 Å². The molecule has 2 heterocycles. The van der Waals surface area contributed by atoms with E-state index in [4.69, 9.17) is 0 Å². The fourth-order valence-electron chi connectivity index (χ4n) is 1.49. The fourth-order valence-corrected chi connectivity index (χ4v) is 1.69. The molecule has 0 spiro atoms. The summed E-state index contributed by atoms with van der Waals surface area (Å²) < 4.78 is 0. The van der Waals surface area contributed by atoms with Gasteiger partial charge in [0.05, 0.1) is 11.4 Å². The van der Waals surface area contributed by atoms with Gasteiger partial charge in [-0.25, -0.2) is 9.97 Å². The van der Waals surface area contributed by atoms with Gasteiger partial charge >= 0.3 is 0 Å². The number of nitrogens with zero attached hydrogens (tertiary/aromatic N) is 3. The van der Waals surface area contributed by atoms with E-state index in [0.29, 0.717) is 0 Å². The average Bonchev–Trinajstić information content (AvgIpc) is 2.30. The van der Waals surface area contributed by atoms with Crippen molar-refractivity contribution in [2.75, 3.05) is 5.75 Å². The van der Waals surface area contributed by atoms with Gasteiger partial charge in [-0.05, 0) is 30.9 Å². The molecule has 0 saturated heterocycles. The monoisotopic (exact) mass is 231 g/mol. The first kappa shape index (κ1) is 11.1. The maximum absolute atomic E-state index is 4.47. The average molecular weight is 231 g/mol. The molecule has 0 aromatic carbocycles. The van der Waals surface area contributed by atoms with Gasteiger partial charge in [0.2, 0.25) is 0 Å². The molecule has 16 heavy (non-hydrogen) atoms. The van der Waals surface area contributed by atoms with Crippen molar-refractivity contribution in [2.24, 2.45) is 0 Å². The van der Waals surface area contributed by atoms with Crippen molar-refractivity contribution in [2.45, 2.75) is 13.3 Å². The number of pyridine rings is 1. The number of aryl methyl sites for hydroxylation is 2. The van der Waals surface area contributed by atoms with Crippen LogP contribution in [0.15, 0.2) is 30.5 Å². The molecule has 0 bridgehead atoms. The van der Waals surface area contributed by atoms with Crippen LogP contribution in [0.2, 0.25) is 0 Å². The molecule has 2 rings (SSSR count). The zero-order chi connectivity index (χ0) is 11.4. The SMILES string of the molecule is Cc1cc(-c2ccccn2)nc(CCS)n1. The lowest BCUT2D eigenvalue weighted by Gasteiger charge is -2.04. The molecule has 0 unspecified atom stereocenters. The molecule has 3 nitrogen and oxygen atoms in total. The van der Waals surface area contributed by atoms with E-state index in [-0.39, 0.29) is 0 Å². The first-order valence-electron chi connectivity index (χ1n) is 5.16. The molecule has 0 amide bonds. The third-order valence-electron chi connectivity index (χ3n) is 2.16. The summed E-state index contributed by atoms with van der Waals surface area (Å²) in [6.45, 7) is 1.97. The van der Waals surface area contributed by atoms with Gasteiger partial charge < -0.3 is 0 Å². The summed E-state index contributed by atoms with van der Waals surface area (Å²) >= 11 is 4.19. The van der Waals surface area contributed by atoms with Crippen molar-refractivity contribution >= 4 is 12.6 Å². The Labute approximate surface area is 100 Å². The Balaban J connectivity index is 2.41. The van der Waals surface area contributed by atoms with E-state index in [1.54, 1.807) is 6.20 Å². The van der Waals surface area contributed by atoms with Crippen LogP contribution in [0.3, 0.4) is 0 Å². The normalized spacial score (nSPS) is 10.4. The van der Waals surface area contributed by atoms with Crippen LogP contribution in [0, 0.1) is 6.92 Å². The number of rotatable bonds is 3. The molecular formula is C12H13N3S. The van der Waals surface area contributed by atoms with Crippen LogP contribution in [-0.4, -0.2) is 20.7 Å². The lowest BCUT2D eigenvalue weighted by molar-refractivity contribution is 0.927. The minimum Gasteiger partial charge on any atom is -0.255 e. The zero-order valence-corrected chi connectivity index (χ0v) is 9.98. The highest BCUT2D eigenvalue weighted by Gasteiger charge is 2.04. The highest BCUT2D eigenvalue weighted by molar-refractivity contribution is 7.80. The first-order chi connectivity index (χ1) is 7.79. The largest absolute Gasteiger partial charge is 0.255 e. The van der Waals surface area contributed by atoms with Crippen LogP contribution < -0.4 is 0 Å². The lowest BCUT2D eigenvalue weighted by Crippen LogP contribution is -2.00. The quantitative estimate of drug-likeness (QED) is 0.824. The van der Waals surface area contributed by atoms with Gasteiger partial charge in [0.15, 0.2) is 0 Å². The summed E-state index contributed by atoms with van der Waals surface area (Å²) in [7, 11) is 0. The van der Waals surface area contributed by atoms with Gasteiger partial charge in [0, 0.05) is 18.3 Å². The van der Waals surface area contributed by atoms with E-state index in [1.807, 2.05) is 31.2 Å². The van der Waals surface area contributed by atoms with E-state index < -0.39 is 0 Å². The molecule has 4 heteroatoms. The van der Waals surface area contributed by atoms with Crippen LogP contribution in [0.25, 0.3) is 11.4 Å². The van der Waals surface area contributed by atoms with Gasteiger partial charge in [-0.1, -0.05) is 6.07 Å². The molecule has 0 fully saturated rings. The zero-order valence-electron chi connectivity index (χ0n) is 9.09. The van der Waals surface area contributed by atoms with Crippen LogP contribution in [0.1, 0.15) is 11.5 Å². The predicted molar refractivity (Wildman–Crippen MR) is 67.6 cm³/mol. The Morgan fingerprint density at radius 3 is 2.75 bits per heavy atom. The van der Waals surface area contributed by atoms with Crippen molar-refractivity contribution < 1.29 is 0 Å². The van der Waals surface area contributed by atoms with Crippen molar-refractivity contribution in [1.29, 1.82) is 0 Å². The maximum atomic E-state index is 4.47. The minimum absolute atomic E-state index is 0.755. The molecule has 0 saturated carbocycles. The third-order valence-corrected chi connectivity index (χ3v) is 2.39. The van der Waals surface area contributed by atoms with E-state index in [1.165, 1.54) is 0 Å². The molecule has 0 aliphatic rings. The smallest absolute Gasteiger partial charge is 0.130 e. The van der Waals surface area contributed by atoms with E-state index >= 15 is 0 Å². The first-order valence-corrected chi connectivity index (χ1v) is 5.79. The summed E-state index contributed by atoms with van der Waals surface area (Å²) in [5.74, 6) is 1.58. The van der Waals surface area contributed by atoms with Crippen LogP contribution in [0.4, 0.5) is 0 Å². The lowest BCUT2D eigenvalue weighted by atomic mass is 10.2. The van der Waals surface area contributed by atoms with Crippen LogP contribution in [-0.2, 0) is 6.42 Å². The van der Waals surface area contributed by atoms with Gasteiger partial charge in [-0.2, -0.15) is 12.6 Å². The predicted octanol–water partition coefficient (Wildman–Crippen LogP) is 2.32. The molecule has 82 valence electrons. The summed E-state index contributed by atoms with van der Waals surface area (Å²) in [5.41, 5.74) is 2.73. The number of hydrogen-bond acceptors (Lipinski definition) is 4. The fraction of sp³-hybridized carbons (Fsp3) is 0.250. The molecule has 0 N–H and O–H groups in total. The molecule has 0 aliphatic carbocycles. The number of hydrogen-bond donors (Lipinski definition) is 1. The van der Waals surface area contributed by atoms with Gasteiger partial charge in [0.25, 0.3) is 0 Å². The number of thiol groups is 1. The molecule has 0 radical (unpaired) electrons. The van der Waals surface area contributed by atoms with Crippen molar-refractivity contribution in [1.82, 2.24) is 15.0 Å². The van der Waals surface area contributed by atoms with Crippen molar-refractivity contribution in [3.63, 3.8) is 0 Å². The molecule has 0 aliphatic heterocycles. The van der Waals surface area contributed by atoms with Crippen molar-refractivity contribution in [3.8, 4) is 11.4 Å². The van der Waals surface area contributed by atoms with E-state index in [2.05, 4.69) is 27.6 Å². The Kier molecular flexibility index (Phi) is 3.51. The third kappa shape index (κ3) is 2.58. The van der Waals surface area contributed by atoms with Crippen molar-refractivity contribution in [3.05, 3.63) is 42.0 Å². The van der Waals surface area contributed by atoms with Gasteiger partial charge in [-0.15, -0.1) is 0 Å². The second-order valence-electron chi connectivity index (χ2n) is 3.50. The highest BCUT2D eigenvalue weighted by atomic mass is 32.1. The summed E-state index contributed by atoms with van der Waals surface area (Å²) in [6.07, 6.45) is 2.55. The van der Waals surface area contributed by atoms with E-state index in [0.717, 1.165) is 35.1 Å². The second kappa shape index (κ2) is 5.07. The highest BCUT2D eigenvalue weighted by Crippen LogP contribution is 2.14. The maximum Gasteiger partial charge on any atom is 0.130 e. The Morgan fingerprint density at radius 1 is 1.19 bits per heavy atom. The molecule has 2 aromatic heterocycles. The van der Waals surface area contributed by atoms with Crippen LogP contribution >= 0.6 is 12.6 Å². The van der Waals surface area contributed by atoms with E-state index in [9.17, 15) is 0 Å². The number of aromatic nitrogens is 3. The standard InChI is InChI=1S/C12H13N3S/c1-9-8-11(10-4-2-3-6-13-10)15-12(14-9)5-7-16/h2-4,6,8,16H,5,7H2,1H3. The molecule has 2 aromatic rings. The summed E-state index contributed by atoms with van der Waals surface area (Å²) in [4.78, 5) is 13.1. The topological polar surface area (TPSA) is 38.7 Å². The van der Waals surface area contributed by atoms with Gasteiger partial charge in [-0.3, -0.25) is 4.98 Å². The molecular weight excluding hydrogens is 218 g/mol. The van der Waals surface area contributed by atoms with Crippen LogP contribution in [0.5, 0.6) is 0 Å². The molecule has 0 atom stereocenters. The second-order valence-corrected chi connectivity index (χ2v) is 3.95. The summed E-state index contributed by atoms with van der Waals surface area (Å²) in [6, 6.07) is 7.75. The summed E-state index contributed by atoms with van der Waals surface area (Å²) in [5, 5.41) is 0. The minimum atomic E-state index is 0.755. The Morgan fingerprint density at radius 2 is 2.06 bits per heavy atom. The Bertz CT molecular complexity index is 471. The Hall–Kier alpha value is -1.42.